The van der Waals surface area contributed by atoms with E-state index < -0.39 is 5.82 Å². The van der Waals surface area contributed by atoms with Crippen LogP contribution in [-0.2, 0) is 5.88 Å². The van der Waals surface area contributed by atoms with E-state index in [0.29, 0.717) is 12.2 Å². The van der Waals surface area contributed by atoms with Gasteiger partial charge in [-0.05, 0) is 12.5 Å². The van der Waals surface area contributed by atoms with Gasteiger partial charge in [-0.3, -0.25) is 0 Å². The van der Waals surface area contributed by atoms with Crippen LogP contribution in [0.4, 0.5) is 4.39 Å². The van der Waals surface area contributed by atoms with Crippen molar-refractivity contribution in [2.75, 3.05) is 6.61 Å². The summed E-state index contributed by atoms with van der Waals surface area (Å²) >= 11 is 5.56. The predicted octanol–water partition coefficient (Wildman–Crippen LogP) is 3.53. The predicted molar refractivity (Wildman–Crippen MR) is 58.8 cm³/mol. The van der Waals surface area contributed by atoms with Crippen LogP contribution >= 0.6 is 11.6 Å². The number of halogens is 2. The number of rotatable bonds is 6. The quantitative estimate of drug-likeness (QED) is 0.552. The molecule has 0 saturated carbocycles. The largest absolute Gasteiger partial charge is 0.476 e. The first-order chi connectivity index (χ1) is 7.29. The normalized spacial score (nSPS) is 10.3. The lowest BCUT2D eigenvalue weighted by Gasteiger charge is -2.07. The van der Waals surface area contributed by atoms with Gasteiger partial charge in [-0.25, -0.2) is 9.37 Å². The Morgan fingerprint density at radius 1 is 1.47 bits per heavy atom. The Bertz CT molecular complexity index is 307. The Kier molecular flexibility index (Phi) is 5.40. The Balaban J connectivity index is 2.53. The molecule has 1 heterocycles. The number of ether oxygens (including phenoxy) is 1. The van der Waals surface area contributed by atoms with Gasteiger partial charge in [0.25, 0.3) is 5.88 Å². The number of hydrogen-bond acceptors (Lipinski definition) is 2. The second-order valence-corrected chi connectivity index (χ2v) is 3.55. The molecule has 15 heavy (non-hydrogen) atoms. The Hall–Kier alpha value is -0.830. The van der Waals surface area contributed by atoms with Gasteiger partial charge >= 0.3 is 0 Å². The van der Waals surface area contributed by atoms with Crippen LogP contribution in [-0.4, -0.2) is 11.6 Å². The minimum atomic E-state index is -0.441. The smallest absolute Gasteiger partial charge is 0.250 e. The molecule has 0 spiro atoms. The summed E-state index contributed by atoms with van der Waals surface area (Å²) in [6, 6.07) is 1.56. The van der Waals surface area contributed by atoms with Crippen molar-refractivity contribution in [2.24, 2.45) is 0 Å². The molecule has 0 unspecified atom stereocenters. The highest BCUT2D eigenvalue weighted by atomic mass is 35.5. The molecule has 84 valence electrons. The zero-order valence-electron chi connectivity index (χ0n) is 8.80. The van der Waals surface area contributed by atoms with Crippen molar-refractivity contribution in [1.82, 2.24) is 4.98 Å². The van der Waals surface area contributed by atoms with Gasteiger partial charge in [0.2, 0.25) is 0 Å². The lowest BCUT2D eigenvalue weighted by Crippen LogP contribution is -2.02. The first kappa shape index (κ1) is 12.2. The van der Waals surface area contributed by atoms with Crippen molar-refractivity contribution >= 4 is 11.6 Å². The van der Waals surface area contributed by atoms with E-state index in [-0.39, 0.29) is 11.8 Å². The maximum absolute atomic E-state index is 13.5. The molecule has 0 aliphatic heterocycles. The van der Waals surface area contributed by atoms with Crippen LogP contribution in [0.25, 0.3) is 0 Å². The molecular weight excluding hydrogens is 217 g/mol. The zero-order chi connectivity index (χ0) is 11.1. The van der Waals surface area contributed by atoms with Gasteiger partial charge in [-0.15, -0.1) is 11.6 Å². The van der Waals surface area contributed by atoms with Gasteiger partial charge in [0.1, 0.15) is 0 Å². The summed E-state index contributed by atoms with van der Waals surface area (Å²) in [6.07, 6.45) is 4.62. The molecule has 0 aliphatic carbocycles. The van der Waals surface area contributed by atoms with E-state index >= 15 is 0 Å². The molecule has 0 bridgehead atoms. The monoisotopic (exact) mass is 231 g/mol. The average molecular weight is 232 g/mol. The highest BCUT2D eigenvalue weighted by Gasteiger charge is 2.09. The third-order valence-electron chi connectivity index (χ3n) is 2.07. The van der Waals surface area contributed by atoms with Crippen LogP contribution in [0, 0.1) is 5.82 Å². The summed E-state index contributed by atoms with van der Waals surface area (Å²) in [4.78, 5) is 3.83. The Morgan fingerprint density at radius 3 is 2.93 bits per heavy atom. The first-order valence-corrected chi connectivity index (χ1v) is 5.65. The molecule has 0 N–H and O–H groups in total. The fraction of sp³-hybridized carbons (Fsp3) is 0.545. The summed E-state index contributed by atoms with van der Waals surface area (Å²) in [5, 5.41) is 0. The maximum Gasteiger partial charge on any atom is 0.250 e. The van der Waals surface area contributed by atoms with Crippen LogP contribution in [0.5, 0.6) is 5.88 Å². The minimum Gasteiger partial charge on any atom is -0.476 e. The van der Waals surface area contributed by atoms with E-state index in [0.717, 1.165) is 19.3 Å². The second-order valence-electron chi connectivity index (χ2n) is 3.28. The third-order valence-corrected chi connectivity index (χ3v) is 2.36. The van der Waals surface area contributed by atoms with Crippen LogP contribution in [0.1, 0.15) is 31.7 Å². The molecular formula is C11H15ClFNO. The maximum atomic E-state index is 13.5. The molecule has 1 aromatic rings. The standard InChI is InChI=1S/C11H15ClFNO/c1-2-3-4-7-15-11-10(13)9(8-12)5-6-14-11/h5-6H,2-4,7-8H2,1H3. The van der Waals surface area contributed by atoms with Gasteiger partial charge in [0.15, 0.2) is 5.82 Å². The third kappa shape index (κ3) is 3.67. The first-order valence-electron chi connectivity index (χ1n) is 5.11. The number of pyridine rings is 1. The highest BCUT2D eigenvalue weighted by Crippen LogP contribution is 2.18. The number of alkyl halides is 1. The molecule has 0 atom stereocenters. The lowest BCUT2D eigenvalue weighted by atomic mass is 10.2. The van der Waals surface area contributed by atoms with Crippen molar-refractivity contribution in [1.29, 1.82) is 0 Å². The highest BCUT2D eigenvalue weighted by molar-refractivity contribution is 6.17. The molecule has 1 aromatic heterocycles. The van der Waals surface area contributed by atoms with Crippen LogP contribution in [0.15, 0.2) is 12.3 Å². The average Bonchev–Trinajstić information content (AvgIpc) is 2.26. The van der Waals surface area contributed by atoms with E-state index in [4.69, 9.17) is 16.3 Å². The van der Waals surface area contributed by atoms with E-state index in [9.17, 15) is 4.39 Å². The molecule has 0 amide bonds. The second kappa shape index (κ2) is 6.62. The number of hydrogen-bond donors (Lipinski definition) is 0. The Morgan fingerprint density at radius 2 is 2.27 bits per heavy atom. The van der Waals surface area contributed by atoms with Crippen LogP contribution < -0.4 is 4.74 Å². The summed E-state index contributed by atoms with van der Waals surface area (Å²) < 4.78 is 18.7. The summed E-state index contributed by atoms with van der Waals surface area (Å²) in [6.45, 7) is 2.61. The van der Waals surface area contributed by atoms with Crippen molar-refractivity contribution in [2.45, 2.75) is 32.1 Å². The van der Waals surface area contributed by atoms with Crippen molar-refractivity contribution in [3.05, 3.63) is 23.6 Å². The van der Waals surface area contributed by atoms with Gasteiger partial charge in [0.05, 0.1) is 12.5 Å². The molecule has 0 fully saturated rings. The lowest BCUT2D eigenvalue weighted by molar-refractivity contribution is 0.278. The molecule has 0 radical (unpaired) electrons. The van der Waals surface area contributed by atoms with E-state index in [1.54, 1.807) is 6.07 Å². The van der Waals surface area contributed by atoms with Crippen molar-refractivity contribution < 1.29 is 9.13 Å². The number of unbranched alkanes of at least 4 members (excludes halogenated alkanes) is 2. The SMILES string of the molecule is CCCCCOc1nccc(CCl)c1F. The minimum absolute atomic E-state index is 0.0595. The molecule has 0 saturated heterocycles. The van der Waals surface area contributed by atoms with Crippen molar-refractivity contribution in [3.63, 3.8) is 0 Å². The zero-order valence-corrected chi connectivity index (χ0v) is 9.56. The summed E-state index contributed by atoms with van der Waals surface area (Å²) in [5.41, 5.74) is 0.428. The van der Waals surface area contributed by atoms with Crippen LogP contribution in [0.2, 0.25) is 0 Å². The summed E-state index contributed by atoms with van der Waals surface area (Å²) in [7, 11) is 0. The van der Waals surface area contributed by atoms with Gasteiger partial charge in [0, 0.05) is 11.8 Å². The van der Waals surface area contributed by atoms with E-state index in [2.05, 4.69) is 11.9 Å². The van der Waals surface area contributed by atoms with Crippen molar-refractivity contribution in [3.8, 4) is 5.88 Å². The van der Waals surface area contributed by atoms with Gasteiger partial charge in [-0.2, -0.15) is 0 Å². The fourth-order valence-corrected chi connectivity index (χ4v) is 1.39. The Labute approximate surface area is 94.4 Å². The topological polar surface area (TPSA) is 22.1 Å². The van der Waals surface area contributed by atoms with Gasteiger partial charge < -0.3 is 4.74 Å². The summed E-state index contributed by atoms with van der Waals surface area (Å²) in [5.74, 6) is -0.243. The molecule has 2 nitrogen and oxygen atoms in total. The number of aromatic nitrogens is 1. The fourth-order valence-electron chi connectivity index (χ4n) is 1.19. The van der Waals surface area contributed by atoms with E-state index in [1.165, 1.54) is 6.20 Å². The molecule has 1 rings (SSSR count). The van der Waals surface area contributed by atoms with E-state index in [1.807, 2.05) is 0 Å². The number of nitrogens with zero attached hydrogens (tertiary/aromatic N) is 1. The molecule has 4 heteroatoms. The molecule has 0 aromatic carbocycles. The van der Waals surface area contributed by atoms with Gasteiger partial charge in [-0.1, -0.05) is 19.8 Å². The van der Waals surface area contributed by atoms with Crippen LogP contribution in [0.3, 0.4) is 0 Å². The molecule has 0 aliphatic rings.